The van der Waals surface area contributed by atoms with Crippen LogP contribution in [0.25, 0.3) is 5.69 Å². The highest BCUT2D eigenvalue weighted by Gasteiger charge is 2.11. The molecule has 0 unspecified atom stereocenters. The molecule has 0 saturated carbocycles. The fourth-order valence-corrected chi connectivity index (χ4v) is 1.78. The Kier molecular flexibility index (Phi) is 2.59. The molecule has 0 saturated heterocycles. The van der Waals surface area contributed by atoms with Crippen molar-refractivity contribution in [3.05, 3.63) is 40.4 Å². The number of aryl methyl sites for hydroxylation is 2. The zero-order chi connectivity index (χ0) is 11.9. The molecule has 1 heterocycles. The fraction of sp³-hybridized carbons (Fsp3) is 0.182. The zero-order valence-corrected chi connectivity index (χ0v) is 9.72. The lowest BCUT2D eigenvalue weighted by Crippen LogP contribution is -2.04. The number of anilines is 1. The Labute approximate surface area is 97.6 Å². The third-order valence-electron chi connectivity index (χ3n) is 2.31. The summed E-state index contributed by atoms with van der Waals surface area (Å²) in [5.41, 5.74) is 8.44. The van der Waals surface area contributed by atoms with E-state index in [1.54, 1.807) is 4.68 Å². The molecule has 0 spiro atoms. The van der Waals surface area contributed by atoms with Crippen LogP contribution in [-0.4, -0.2) is 9.78 Å². The van der Waals surface area contributed by atoms with Gasteiger partial charge in [-0.15, -0.1) is 0 Å². The average molecular weight is 240 g/mol. The number of nitrogen functional groups attached to an aromatic ring is 1. The smallest absolute Gasteiger partial charge is 0.144 e. The minimum atomic E-state index is -0.501. The molecule has 0 aliphatic carbocycles. The molecule has 1 aromatic heterocycles. The summed E-state index contributed by atoms with van der Waals surface area (Å²) < 4.78 is 15.0. The lowest BCUT2D eigenvalue weighted by Gasteiger charge is -2.08. The van der Waals surface area contributed by atoms with Crippen molar-refractivity contribution >= 4 is 17.3 Å². The normalized spacial score (nSPS) is 10.8. The minimum absolute atomic E-state index is 0.0165. The second-order valence-corrected chi connectivity index (χ2v) is 4.07. The molecule has 2 N–H and O–H groups in total. The molecular weight excluding hydrogens is 229 g/mol. The maximum Gasteiger partial charge on any atom is 0.144 e. The van der Waals surface area contributed by atoms with Gasteiger partial charge in [-0.2, -0.15) is 5.10 Å². The van der Waals surface area contributed by atoms with Gasteiger partial charge in [0.05, 0.1) is 22.1 Å². The summed E-state index contributed by atoms with van der Waals surface area (Å²) in [5.74, 6) is -0.501. The molecule has 1 aromatic carbocycles. The van der Waals surface area contributed by atoms with Crippen LogP contribution in [0, 0.1) is 19.7 Å². The van der Waals surface area contributed by atoms with Gasteiger partial charge >= 0.3 is 0 Å². The van der Waals surface area contributed by atoms with E-state index in [0.29, 0.717) is 11.4 Å². The number of benzene rings is 1. The summed E-state index contributed by atoms with van der Waals surface area (Å²) in [6.45, 7) is 3.75. The van der Waals surface area contributed by atoms with Crippen molar-refractivity contribution in [3.8, 4) is 5.69 Å². The Morgan fingerprint density at radius 2 is 2.00 bits per heavy atom. The molecule has 3 nitrogen and oxygen atoms in total. The maximum absolute atomic E-state index is 13.4. The van der Waals surface area contributed by atoms with Gasteiger partial charge in [-0.05, 0) is 26.0 Å². The Morgan fingerprint density at radius 1 is 1.31 bits per heavy atom. The van der Waals surface area contributed by atoms with Crippen LogP contribution >= 0.6 is 11.6 Å². The van der Waals surface area contributed by atoms with Gasteiger partial charge in [-0.1, -0.05) is 11.6 Å². The van der Waals surface area contributed by atoms with Crippen molar-refractivity contribution in [3.63, 3.8) is 0 Å². The van der Waals surface area contributed by atoms with Crippen molar-refractivity contribution in [2.24, 2.45) is 0 Å². The lowest BCUT2D eigenvalue weighted by molar-refractivity contribution is 0.625. The molecule has 0 aliphatic heterocycles. The molecular formula is C11H11ClFN3. The Hall–Kier alpha value is -1.55. The van der Waals surface area contributed by atoms with E-state index in [-0.39, 0.29) is 5.02 Å². The number of hydrogen-bond acceptors (Lipinski definition) is 2. The lowest BCUT2D eigenvalue weighted by atomic mass is 10.2. The summed E-state index contributed by atoms with van der Waals surface area (Å²) >= 11 is 5.63. The third kappa shape index (κ3) is 1.76. The van der Waals surface area contributed by atoms with Crippen molar-refractivity contribution in [2.45, 2.75) is 13.8 Å². The molecule has 0 atom stereocenters. The van der Waals surface area contributed by atoms with E-state index >= 15 is 0 Å². The summed E-state index contributed by atoms with van der Waals surface area (Å²) in [7, 11) is 0. The van der Waals surface area contributed by atoms with Gasteiger partial charge in [0.15, 0.2) is 0 Å². The van der Waals surface area contributed by atoms with Crippen molar-refractivity contribution < 1.29 is 4.39 Å². The van der Waals surface area contributed by atoms with Crippen LogP contribution in [0.1, 0.15) is 11.4 Å². The monoisotopic (exact) mass is 239 g/mol. The van der Waals surface area contributed by atoms with Gasteiger partial charge in [-0.3, -0.25) is 0 Å². The molecule has 5 heteroatoms. The highest BCUT2D eigenvalue weighted by Crippen LogP contribution is 2.25. The molecule has 0 fully saturated rings. The largest absolute Gasteiger partial charge is 0.397 e. The number of nitrogens with two attached hydrogens (primary N) is 1. The predicted molar refractivity (Wildman–Crippen MR) is 62.4 cm³/mol. The Bertz CT molecular complexity index is 548. The van der Waals surface area contributed by atoms with E-state index in [9.17, 15) is 4.39 Å². The molecule has 0 aliphatic rings. The molecule has 0 bridgehead atoms. The molecule has 2 aromatic rings. The first-order valence-corrected chi connectivity index (χ1v) is 5.15. The van der Waals surface area contributed by atoms with Gasteiger partial charge in [0.25, 0.3) is 0 Å². The predicted octanol–water partition coefficient (Wildman–Crippen LogP) is 2.86. The number of hydrogen-bond donors (Lipinski definition) is 1. The highest BCUT2D eigenvalue weighted by molar-refractivity contribution is 6.31. The molecule has 0 radical (unpaired) electrons. The second-order valence-electron chi connectivity index (χ2n) is 3.66. The number of halogens is 2. The van der Waals surface area contributed by atoms with Gasteiger partial charge in [0, 0.05) is 11.8 Å². The number of nitrogens with zero attached hydrogens (tertiary/aromatic N) is 2. The molecule has 2 rings (SSSR count). The second kappa shape index (κ2) is 3.79. The van der Waals surface area contributed by atoms with Gasteiger partial charge < -0.3 is 5.73 Å². The molecule has 16 heavy (non-hydrogen) atoms. The van der Waals surface area contributed by atoms with E-state index in [1.165, 1.54) is 12.1 Å². The summed E-state index contributed by atoms with van der Waals surface area (Å²) in [4.78, 5) is 0. The highest BCUT2D eigenvalue weighted by atomic mass is 35.5. The zero-order valence-electron chi connectivity index (χ0n) is 8.96. The van der Waals surface area contributed by atoms with Crippen LogP contribution in [0.3, 0.4) is 0 Å². The van der Waals surface area contributed by atoms with Gasteiger partial charge in [-0.25, -0.2) is 9.07 Å². The van der Waals surface area contributed by atoms with Crippen LogP contribution in [0.4, 0.5) is 10.1 Å². The summed E-state index contributed by atoms with van der Waals surface area (Å²) in [6, 6.07) is 4.58. The minimum Gasteiger partial charge on any atom is -0.397 e. The van der Waals surface area contributed by atoms with E-state index in [4.69, 9.17) is 17.3 Å². The molecule has 84 valence electrons. The quantitative estimate of drug-likeness (QED) is 0.778. The first kappa shape index (κ1) is 11.0. The van der Waals surface area contributed by atoms with Crippen molar-refractivity contribution in [1.29, 1.82) is 0 Å². The number of rotatable bonds is 1. The maximum atomic E-state index is 13.4. The first-order chi connectivity index (χ1) is 7.49. The Morgan fingerprint density at radius 3 is 2.56 bits per heavy atom. The van der Waals surface area contributed by atoms with Crippen LogP contribution in [-0.2, 0) is 0 Å². The summed E-state index contributed by atoms with van der Waals surface area (Å²) in [5, 5.41) is 4.26. The summed E-state index contributed by atoms with van der Waals surface area (Å²) in [6.07, 6.45) is 0. The third-order valence-corrected chi connectivity index (χ3v) is 2.60. The van der Waals surface area contributed by atoms with E-state index in [0.717, 1.165) is 11.4 Å². The average Bonchev–Trinajstić information content (AvgIpc) is 2.51. The fourth-order valence-electron chi connectivity index (χ4n) is 1.61. The Balaban J connectivity index is 2.64. The van der Waals surface area contributed by atoms with E-state index in [2.05, 4.69) is 5.10 Å². The standard InChI is InChI=1S/C11H11ClFN3/c1-6-3-7(2)16(15-6)11-5-9(13)8(12)4-10(11)14/h3-5H,14H2,1-2H3. The number of aromatic nitrogens is 2. The van der Waals surface area contributed by atoms with E-state index in [1.807, 2.05) is 19.9 Å². The molecule has 0 amide bonds. The topological polar surface area (TPSA) is 43.8 Å². The van der Waals surface area contributed by atoms with E-state index < -0.39 is 5.82 Å². The first-order valence-electron chi connectivity index (χ1n) is 4.77. The van der Waals surface area contributed by atoms with Crippen LogP contribution < -0.4 is 5.73 Å². The van der Waals surface area contributed by atoms with Gasteiger partial charge in [0.2, 0.25) is 0 Å². The van der Waals surface area contributed by atoms with Crippen LogP contribution in [0.15, 0.2) is 18.2 Å². The van der Waals surface area contributed by atoms with Crippen molar-refractivity contribution in [1.82, 2.24) is 9.78 Å². The van der Waals surface area contributed by atoms with Crippen molar-refractivity contribution in [2.75, 3.05) is 5.73 Å². The van der Waals surface area contributed by atoms with Crippen LogP contribution in [0.2, 0.25) is 5.02 Å². The SMILES string of the molecule is Cc1cc(C)n(-c2cc(F)c(Cl)cc2N)n1. The van der Waals surface area contributed by atoms with Crippen LogP contribution in [0.5, 0.6) is 0 Å². The van der Waals surface area contributed by atoms with Gasteiger partial charge in [0.1, 0.15) is 5.82 Å².